The van der Waals surface area contributed by atoms with Gasteiger partial charge in [0.15, 0.2) is 0 Å². The van der Waals surface area contributed by atoms with Gasteiger partial charge in [0.25, 0.3) is 0 Å². The second-order valence-corrected chi connectivity index (χ2v) is 3.72. The molecule has 0 amide bonds. The molecule has 0 spiro atoms. The number of benzene rings is 1. The first-order valence-electron chi connectivity index (χ1n) is 5.65. The Morgan fingerprint density at radius 2 is 2.18 bits per heavy atom. The third-order valence-electron chi connectivity index (χ3n) is 2.37. The van der Waals surface area contributed by atoms with Gasteiger partial charge in [-0.1, -0.05) is 6.07 Å². The molecule has 0 radical (unpaired) electrons. The van der Waals surface area contributed by atoms with Gasteiger partial charge in [-0.05, 0) is 19.9 Å². The number of nitrogens with two attached hydrogens (primary N) is 1. The van der Waals surface area contributed by atoms with Gasteiger partial charge in [-0.3, -0.25) is 0 Å². The zero-order chi connectivity index (χ0) is 12.7. The Balaban J connectivity index is 2.80. The lowest BCUT2D eigenvalue weighted by atomic mass is 10.1. The van der Waals surface area contributed by atoms with Gasteiger partial charge in [-0.25, -0.2) is 0 Å². The molecule has 0 unspecified atom stereocenters. The molecule has 0 heterocycles. The van der Waals surface area contributed by atoms with Crippen LogP contribution in [-0.4, -0.2) is 13.7 Å². The van der Waals surface area contributed by atoms with Crippen molar-refractivity contribution in [3.8, 4) is 23.3 Å². The molecule has 92 valence electrons. The Bertz CT molecular complexity index is 416. The predicted molar refractivity (Wildman–Crippen MR) is 69.2 cm³/mol. The molecule has 3 heteroatoms. The first-order valence-corrected chi connectivity index (χ1v) is 5.65. The van der Waals surface area contributed by atoms with Crippen molar-refractivity contribution in [2.75, 3.05) is 13.7 Å². The van der Waals surface area contributed by atoms with Gasteiger partial charge in [0.05, 0.1) is 13.7 Å². The Kier molecular flexibility index (Phi) is 5.38. The molecule has 0 aromatic heterocycles. The van der Waals surface area contributed by atoms with E-state index in [0.29, 0.717) is 13.0 Å². The normalized spacial score (nSPS) is 11.3. The van der Waals surface area contributed by atoms with Gasteiger partial charge in [-0.2, -0.15) is 0 Å². The summed E-state index contributed by atoms with van der Waals surface area (Å²) in [5, 5.41) is 0. The summed E-state index contributed by atoms with van der Waals surface area (Å²) in [7, 11) is 1.63. The molecule has 1 aromatic rings. The van der Waals surface area contributed by atoms with Crippen LogP contribution in [0.1, 0.15) is 31.9 Å². The highest BCUT2D eigenvalue weighted by molar-refractivity contribution is 5.42. The van der Waals surface area contributed by atoms with Crippen LogP contribution in [0, 0.1) is 11.8 Å². The van der Waals surface area contributed by atoms with Crippen molar-refractivity contribution in [1.82, 2.24) is 0 Å². The zero-order valence-corrected chi connectivity index (χ0v) is 10.6. The average Bonchev–Trinajstić information content (AvgIpc) is 2.34. The third kappa shape index (κ3) is 4.01. The Morgan fingerprint density at radius 3 is 2.76 bits per heavy atom. The van der Waals surface area contributed by atoms with E-state index >= 15 is 0 Å². The lowest BCUT2D eigenvalue weighted by molar-refractivity contribution is 0.319. The van der Waals surface area contributed by atoms with Gasteiger partial charge < -0.3 is 15.2 Å². The van der Waals surface area contributed by atoms with Crippen molar-refractivity contribution in [3.05, 3.63) is 23.8 Å². The van der Waals surface area contributed by atoms with Crippen LogP contribution in [0.3, 0.4) is 0 Å². The van der Waals surface area contributed by atoms with E-state index in [-0.39, 0.29) is 6.04 Å². The van der Waals surface area contributed by atoms with Crippen LogP contribution >= 0.6 is 0 Å². The zero-order valence-electron chi connectivity index (χ0n) is 10.6. The summed E-state index contributed by atoms with van der Waals surface area (Å²) in [6, 6.07) is 5.62. The number of hydrogen-bond donors (Lipinski definition) is 1. The Labute approximate surface area is 103 Å². The first kappa shape index (κ1) is 13.4. The molecular formula is C14H19NO2. The topological polar surface area (TPSA) is 44.5 Å². The van der Waals surface area contributed by atoms with Gasteiger partial charge in [0.1, 0.15) is 11.5 Å². The monoisotopic (exact) mass is 233 g/mol. The lowest BCUT2D eigenvalue weighted by Gasteiger charge is -2.14. The predicted octanol–water partition coefficient (Wildman–Crippen LogP) is 2.51. The number of rotatable bonds is 5. The maximum absolute atomic E-state index is 5.89. The minimum atomic E-state index is -0.0619. The summed E-state index contributed by atoms with van der Waals surface area (Å²) in [5.74, 6) is 7.34. The molecule has 17 heavy (non-hydrogen) atoms. The van der Waals surface area contributed by atoms with E-state index in [9.17, 15) is 0 Å². The van der Waals surface area contributed by atoms with Crippen LogP contribution in [0.25, 0.3) is 0 Å². The number of ether oxygens (including phenoxy) is 2. The van der Waals surface area contributed by atoms with Gasteiger partial charge in [-0.15, -0.1) is 11.8 Å². The molecule has 0 aliphatic carbocycles. The van der Waals surface area contributed by atoms with Crippen molar-refractivity contribution in [1.29, 1.82) is 0 Å². The molecule has 0 aliphatic heterocycles. The minimum absolute atomic E-state index is 0.0619. The molecular weight excluding hydrogens is 214 g/mol. The van der Waals surface area contributed by atoms with E-state index in [4.69, 9.17) is 15.2 Å². The molecule has 1 atom stereocenters. The molecule has 1 aromatic carbocycles. The van der Waals surface area contributed by atoms with E-state index in [1.54, 1.807) is 7.11 Å². The summed E-state index contributed by atoms with van der Waals surface area (Å²) >= 11 is 0. The SMILES string of the molecule is CC#CCCOc1cc(OC)ccc1[C@@H](C)N. The van der Waals surface area contributed by atoms with Crippen LogP contribution in [-0.2, 0) is 0 Å². The van der Waals surface area contributed by atoms with Crippen molar-refractivity contribution < 1.29 is 9.47 Å². The smallest absolute Gasteiger partial charge is 0.127 e. The lowest BCUT2D eigenvalue weighted by Crippen LogP contribution is -2.08. The van der Waals surface area contributed by atoms with Crippen molar-refractivity contribution in [2.45, 2.75) is 26.3 Å². The van der Waals surface area contributed by atoms with Crippen molar-refractivity contribution in [3.63, 3.8) is 0 Å². The highest BCUT2D eigenvalue weighted by Gasteiger charge is 2.09. The van der Waals surface area contributed by atoms with Crippen molar-refractivity contribution in [2.24, 2.45) is 5.73 Å². The van der Waals surface area contributed by atoms with E-state index in [2.05, 4.69) is 11.8 Å². The molecule has 0 aliphatic rings. The fourth-order valence-corrected chi connectivity index (χ4v) is 1.48. The third-order valence-corrected chi connectivity index (χ3v) is 2.37. The van der Waals surface area contributed by atoms with E-state index < -0.39 is 0 Å². The molecule has 2 N–H and O–H groups in total. The molecule has 0 fully saturated rings. The first-order chi connectivity index (χ1) is 8.19. The highest BCUT2D eigenvalue weighted by Crippen LogP contribution is 2.28. The molecule has 3 nitrogen and oxygen atoms in total. The maximum atomic E-state index is 5.89. The van der Waals surface area contributed by atoms with E-state index in [1.165, 1.54) is 0 Å². The number of methoxy groups -OCH3 is 1. The fraction of sp³-hybridized carbons (Fsp3) is 0.429. The standard InChI is InChI=1S/C14H19NO2/c1-4-5-6-9-17-14-10-12(16-3)7-8-13(14)11(2)15/h7-8,10-11H,6,9,15H2,1-3H3/t11-/m1/s1. The molecule has 0 bridgehead atoms. The van der Waals surface area contributed by atoms with Crippen LogP contribution in [0.5, 0.6) is 11.5 Å². The quantitative estimate of drug-likeness (QED) is 0.627. The maximum Gasteiger partial charge on any atom is 0.127 e. The van der Waals surface area contributed by atoms with Crippen LogP contribution in [0.2, 0.25) is 0 Å². The second kappa shape index (κ2) is 6.82. The van der Waals surface area contributed by atoms with Gasteiger partial charge in [0.2, 0.25) is 0 Å². The summed E-state index contributed by atoms with van der Waals surface area (Å²) in [6.45, 7) is 4.31. The fourth-order valence-electron chi connectivity index (χ4n) is 1.48. The highest BCUT2D eigenvalue weighted by atomic mass is 16.5. The van der Waals surface area contributed by atoms with Gasteiger partial charge >= 0.3 is 0 Å². The summed E-state index contributed by atoms with van der Waals surface area (Å²) in [6.07, 6.45) is 0.714. The Morgan fingerprint density at radius 1 is 1.41 bits per heavy atom. The van der Waals surface area contributed by atoms with Crippen LogP contribution < -0.4 is 15.2 Å². The largest absolute Gasteiger partial charge is 0.497 e. The molecule has 0 saturated carbocycles. The molecule has 1 rings (SSSR count). The van der Waals surface area contributed by atoms with E-state index in [0.717, 1.165) is 17.1 Å². The molecule has 0 saturated heterocycles. The summed E-state index contributed by atoms with van der Waals surface area (Å²) in [4.78, 5) is 0. The van der Waals surface area contributed by atoms with E-state index in [1.807, 2.05) is 32.0 Å². The van der Waals surface area contributed by atoms with Crippen LogP contribution in [0.15, 0.2) is 18.2 Å². The average molecular weight is 233 g/mol. The summed E-state index contributed by atoms with van der Waals surface area (Å²) in [5.41, 5.74) is 6.87. The van der Waals surface area contributed by atoms with Crippen LogP contribution in [0.4, 0.5) is 0 Å². The second-order valence-electron chi connectivity index (χ2n) is 3.72. The summed E-state index contributed by atoms with van der Waals surface area (Å²) < 4.78 is 10.8. The number of hydrogen-bond acceptors (Lipinski definition) is 3. The Hall–Kier alpha value is -1.66. The minimum Gasteiger partial charge on any atom is -0.497 e. The van der Waals surface area contributed by atoms with Crippen molar-refractivity contribution >= 4 is 0 Å². The van der Waals surface area contributed by atoms with Gasteiger partial charge in [0, 0.05) is 24.1 Å².